The number of aromatic amines is 1. The van der Waals surface area contributed by atoms with Crippen LogP contribution in [0.3, 0.4) is 0 Å². The molecule has 0 saturated heterocycles. The fraction of sp³-hybridized carbons (Fsp3) is 0.346. The Balaban J connectivity index is 1.71. The van der Waals surface area contributed by atoms with E-state index < -0.39 is 5.97 Å². The summed E-state index contributed by atoms with van der Waals surface area (Å²) in [5.41, 5.74) is 3.51. The summed E-state index contributed by atoms with van der Waals surface area (Å²) in [6.07, 6.45) is 0.681. The number of ether oxygens (including phenoxy) is 1. The van der Waals surface area contributed by atoms with Crippen LogP contribution in [0.5, 0.6) is 0 Å². The van der Waals surface area contributed by atoms with Crippen molar-refractivity contribution in [3.05, 3.63) is 87.5 Å². The van der Waals surface area contributed by atoms with E-state index in [1.54, 1.807) is 6.92 Å². The van der Waals surface area contributed by atoms with E-state index in [4.69, 9.17) is 4.74 Å². The van der Waals surface area contributed by atoms with E-state index in [-0.39, 0.29) is 24.8 Å². The maximum Gasteiger partial charge on any atom is 0.327 e. The van der Waals surface area contributed by atoms with E-state index in [1.807, 2.05) is 56.3 Å². The van der Waals surface area contributed by atoms with E-state index in [0.717, 1.165) is 22.0 Å². The predicted molar refractivity (Wildman–Crippen MR) is 132 cm³/mol. The summed E-state index contributed by atoms with van der Waals surface area (Å²) in [4.78, 5) is 30.4. The molecule has 0 aliphatic carbocycles. The van der Waals surface area contributed by atoms with Crippen molar-refractivity contribution in [1.82, 2.24) is 30.1 Å². The second-order valence-corrected chi connectivity index (χ2v) is 8.48. The van der Waals surface area contributed by atoms with Crippen molar-refractivity contribution in [3.8, 4) is 0 Å². The number of fused-ring (bicyclic) bond motifs is 1. The van der Waals surface area contributed by atoms with Gasteiger partial charge >= 0.3 is 5.97 Å². The van der Waals surface area contributed by atoms with Gasteiger partial charge in [0, 0.05) is 18.7 Å². The highest BCUT2D eigenvalue weighted by molar-refractivity contribution is 5.81. The predicted octanol–water partition coefficient (Wildman–Crippen LogP) is 3.54. The molecular formula is C26H30N6O3. The lowest BCUT2D eigenvalue weighted by molar-refractivity contribution is -0.144. The zero-order valence-corrected chi connectivity index (χ0v) is 20.3. The second-order valence-electron chi connectivity index (χ2n) is 8.48. The number of tetrazole rings is 1. The van der Waals surface area contributed by atoms with Gasteiger partial charge in [0.2, 0.25) is 0 Å². The Labute approximate surface area is 203 Å². The molecule has 0 bridgehead atoms. The van der Waals surface area contributed by atoms with Crippen LogP contribution in [0.15, 0.2) is 59.4 Å². The normalized spacial score (nSPS) is 12.2. The van der Waals surface area contributed by atoms with Gasteiger partial charge in [-0.3, -0.25) is 14.5 Å². The molecule has 9 heteroatoms. The van der Waals surface area contributed by atoms with Crippen LogP contribution in [0.2, 0.25) is 0 Å². The number of H-pyrrole nitrogens is 1. The van der Waals surface area contributed by atoms with Gasteiger partial charge in [-0.15, -0.1) is 5.10 Å². The number of hydrogen-bond acceptors (Lipinski definition) is 7. The molecule has 4 aromatic rings. The first kappa shape index (κ1) is 24.3. The van der Waals surface area contributed by atoms with Gasteiger partial charge in [-0.2, -0.15) is 0 Å². The van der Waals surface area contributed by atoms with Crippen LogP contribution >= 0.6 is 0 Å². The molecule has 182 valence electrons. The number of benzene rings is 2. The summed E-state index contributed by atoms with van der Waals surface area (Å²) >= 11 is 0. The number of hydrogen-bond donors (Lipinski definition) is 1. The van der Waals surface area contributed by atoms with Gasteiger partial charge in [0.1, 0.15) is 6.54 Å². The minimum absolute atomic E-state index is 0.0678. The van der Waals surface area contributed by atoms with E-state index in [0.29, 0.717) is 30.9 Å². The van der Waals surface area contributed by atoms with Gasteiger partial charge < -0.3 is 9.72 Å². The molecule has 0 saturated carbocycles. The van der Waals surface area contributed by atoms with Crippen LogP contribution in [0, 0.1) is 6.92 Å². The molecule has 0 amide bonds. The van der Waals surface area contributed by atoms with E-state index in [2.05, 4.69) is 37.5 Å². The highest BCUT2D eigenvalue weighted by Gasteiger charge is 2.27. The quantitative estimate of drug-likeness (QED) is 0.350. The van der Waals surface area contributed by atoms with Crippen molar-refractivity contribution in [2.24, 2.45) is 0 Å². The Morgan fingerprint density at radius 3 is 2.66 bits per heavy atom. The average Bonchev–Trinajstić information content (AvgIpc) is 3.29. The monoisotopic (exact) mass is 474 g/mol. The molecule has 2 heterocycles. The molecule has 2 aromatic heterocycles. The van der Waals surface area contributed by atoms with Crippen molar-refractivity contribution in [2.75, 3.05) is 6.61 Å². The number of carbonyl (C=O) groups is 1. The summed E-state index contributed by atoms with van der Waals surface area (Å²) in [5.74, 6) is 0.163. The Bertz CT molecular complexity index is 1350. The van der Waals surface area contributed by atoms with Gasteiger partial charge in [-0.05, 0) is 53.3 Å². The zero-order valence-electron chi connectivity index (χ0n) is 20.3. The molecule has 1 N–H and O–H groups in total. The molecule has 0 fully saturated rings. The molecule has 1 unspecified atom stereocenters. The van der Waals surface area contributed by atoms with Crippen molar-refractivity contribution in [3.63, 3.8) is 0 Å². The second kappa shape index (κ2) is 11.1. The SMILES string of the molecule is CCOC(=O)Cn1nnnc1C(CC)N(Cc1ccccc1)Cc1cc2cccc(C)c2[nH]c1=O. The molecular weight excluding hydrogens is 444 g/mol. The lowest BCUT2D eigenvalue weighted by Crippen LogP contribution is -2.33. The maximum atomic E-state index is 13.1. The number of aryl methyl sites for hydroxylation is 1. The van der Waals surface area contributed by atoms with Crippen molar-refractivity contribution in [1.29, 1.82) is 0 Å². The van der Waals surface area contributed by atoms with Crippen LogP contribution in [-0.2, 0) is 29.2 Å². The van der Waals surface area contributed by atoms with E-state index in [9.17, 15) is 9.59 Å². The summed E-state index contributed by atoms with van der Waals surface area (Å²) in [6, 6.07) is 17.7. The molecule has 0 aliphatic rings. The Morgan fingerprint density at radius 2 is 1.91 bits per heavy atom. The highest BCUT2D eigenvalue weighted by atomic mass is 16.5. The van der Waals surface area contributed by atoms with Crippen LogP contribution < -0.4 is 5.56 Å². The third-order valence-corrected chi connectivity index (χ3v) is 6.04. The van der Waals surface area contributed by atoms with E-state index >= 15 is 0 Å². The summed E-state index contributed by atoms with van der Waals surface area (Å²) < 4.78 is 6.57. The molecule has 0 aliphatic heterocycles. The van der Waals surface area contributed by atoms with Gasteiger partial charge in [-0.1, -0.05) is 55.5 Å². The first-order chi connectivity index (χ1) is 17.0. The molecule has 0 spiro atoms. The minimum atomic E-state index is -0.396. The first-order valence-electron chi connectivity index (χ1n) is 11.8. The third-order valence-electron chi connectivity index (χ3n) is 6.04. The van der Waals surface area contributed by atoms with Gasteiger partial charge in [-0.25, -0.2) is 4.68 Å². The lowest BCUT2D eigenvalue weighted by Gasteiger charge is -2.30. The smallest absolute Gasteiger partial charge is 0.327 e. The number of nitrogens with zero attached hydrogens (tertiary/aromatic N) is 5. The zero-order chi connectivity index (χ0) is 24.8. The summed E-state index contributed by atoms with van der Waals surface area (Å²) in [6.45, 7) is 6.98. The Kier molecular flexibility index (Phi) is 7.67. The van der Waals surface area contributed by atoms with Crippen LogP contribution in [0.25, 0.3) is 10.9 Å². The molecule has 2 aromatic carbocycles. The number of rotatable bonds is 10. The number of pyridine rings is 1. The first-order valence-corrected chi connectivity index (χ1v) is 11.8. The fourth-order valence-electron chi connectivity index (χ4n) is 4.35. The maximum absolute atomic E-state index is 13.1. The summed E-state index contributed by atoms with van der Waals surface area (Å²) in [5, 5.41) is 13.1. The number of para-hydroxylation sites is 1. The lowest BCUT2D eigenvalue weighted by atomic mass is 10.1. The topological polar surface area (TPSA) is 106 Å². The number of carbonyl (C=O) groups excluding carboxylic acids is 1. The van der Waals surface area contributed by atoms with Gasteiger partial charge in [0.15, 0.2) is 5.82 Å². The van der Waals surface area contributed by atoms with Crippen molar-refractivity contribution in [2.45, 2.75) is 52.9 Å². The average molecular weight is 475 g/mol. The molecule has 9 nitrogen and oxygen atoms in total. The van der Waals surface area contributed by atoms with Gasteiger partial charge in [0.25, 0.3) is 5.56 Å². The summed E-state index contributed by atoms with van der Waals surface area (Å²) in [7, 11) is 0. The molecule has 1 atom stereocenters. The molecule has 0 radical (unpaired) electrons. The third kappa shape index (κ3) is 5.63. The molecule has 35 heavy (non-hydrogen) atoms. The standard InChI is InChI=1S/C26H30N6O3/c1-4-22(25-28-29-30-32(25)17-23(33)35-5-2)31(15-19-11-7-6-8-12-19)16-21-14-20-13-9-10-18(3)24(20)27-26(21)34/h6-14,22H,4-5,15-17H2,1-3H3,(H,27,34). The van der Waals surface area contributed by atoms with Crippen LogP contribution in [0.1, 0.15) is 48.8 Å². The Hall–Kier alpha value is -3.85. The van der Waals surface area contributed by atoms with E-state index in [1.165, 1.54) is 4.68 Å². The van der Waals surface area contributed by atoms with Crippen LogP contribution in [-0.4, -0.2) is 42.7 Å². The highest BCUT2D eigenvalue weighted by Crippen LogP contribution is 2.26. The molecule has 4 rings (SSSR count). The fourth-order valence-corrected chi connectivity index (χ4v) is 4.35. The minimum Gasteiger partial charge on any atom is -0.465 e. The number of aromatic nitrogens is 5. The van der Waals surface area contributed by atoms with Gasteiger partial charge in [0.05, 0.1) is 18.2 Å². The number of esters is 1. The Morgan fingerprint density at radius 1 is 1.11 bits per heavy atom. The largest absolute Gasteiger partial charge is 0.465 e. The van der Waals surface area contributed by atoms with Crippen molar-refractivity contribution >= 4 is 16.9 Å². The van der Waals surface area contributed by atoms with Crippen molar-refractivity contribution < 1.29 is 9.53 Å². The number of nitrogens with one attached hydrogen (secondary N) is 1. The van der Waals surface area contributed by atoms with Crippen LogP contribution in [0.4, 0.5) is 0 Å².